The molecular weight excluding hydrogens is 450 g/mol. The van der Waals surface area contributed by atoms with Crippen LogP contribution in [0, 0.1) is 0 Å². The summed E-state index contributed by atoms with van der Waals surface area (Å²) in [6, 6.07) is 11.3. The minimum Gasteiger partial charge on any atom is -0.497 e. The highest BCUT2D eigenvalue weighted by molar-refractivity contribution is 7.99. The third-order valence-electron chi connectivity index (χ3n) is 4.97. The second-order valence-electron chi connectivity index (χ2n) is 7.08. The number of carbonyl (C=O) groups excluding carboxylic acids is 1. The molecule has 0 aliphatic carbocycles. The number of methoxy groups -OCH3 is 2. The summed E-state index contributed by atoms with van der Waals surface area (Å²) in [5, 5.41) is 4.00. The SMILES string of the molecule is COc1ccc(OC)c(-c2cc(Cl)c3c(c2)C[C@H](CNC(=O)CSc2ncccn2)O3)c1. The molecule has 4 rings (SSSR count). The summed E-state index contributed by atoms with van der Waals surface area (Å²) in [5.41, 5.74) is 2.79. The van der Waals surface area contributed by atoms with E-state index in [1.54, 1.807) is 32.7 Å². The molecule has 1 amide bonds. The number of aromatic nitrogens is 2. The van der Waals surface area contributed by atoms with E-state index in [9.17, 15) is 4.79 Å². The third-order valence-corrected chi connectivity index (χ3v) is 6.13. The quantitative estimate of drug-likeness (QED) is 0.392. The molecule has 0 radical (unpaired) electrons. The first kappa shape index (κ1) is 22.2. The molecule has 3 aromatic rings. The van der Waals surface area contributed by atoms with E-state index >= 15 is 0 Å². The number of nitrogens with zero attached hydrogens (tertiary/aromatic N) is 2. The van der Waals surface area contributed by atoms with Crippen LogP contribution in [0.1, 0.15) is 5.56 Å². The van der Waals surface area contributed by atoms with Crippen LogP contribution in [-0.4, -0.2) is 48.5 Å². The lowest BCUT2D eigenvalue weighted by Crippen LogP contribution is -2.35. The maximum Gasteiger partial charge on any atom is 0.230 e. The number of benzene rings is 2. The first-order valence-electron chi connectivity index (χ1n) is 9.95. The van der Waals surface area contributed by atoms with Crippen LogP contribution in [0.3, 0.4) is 0 Å². The molecule has 166 valence electrons. The lowest BCUT2D eigenvalue weighted by molar-refractivity contribution is -0.118. The molecule has 0 saturated carbocycles. The Kier molecular flexibility index (Phi) is 7.02. The fourth-order valence-electron chi connectivity index (χ4n) is 3.47. The molecule has 1 N–H and O–H groups in total. The van der Waals surface area contributed by atoms with Gasteiger partial charge in [0.15, 0.2) is 5.16 Å². The van der Waals surface area contributed by atoms with E-state index in [-0.39, 0.29) is 17.8 Å². The number of halogens is 1. The van der Waals surface area contributed by atoms with Gasteiger partial charge in [0.05, 0.1) is 31.5 Å². The average Bonchev–Trinajstić information content (AvgIpc) is 3.25. The zero-order valence-corrected chi connectivity index (χ0v) is 19.2. The zero-order chi connectivity index (χ0) is 22.5. The minimum absolute atomic E-state index is 0.102. The Hall–Kier alpha value is -2.97. The maximum atomic E-state index is 12.2. The Morgan fingerprint density at radius 2 is 2.03 bits per heavy atom. The van der Waals surface area contributed by atoms with Crippen molar-refractivity contribution in [3.8, 4) is 28.4 Å². The number of thioether (sulfide) groups is 1. The van der Waals surface area contributed by atoms with Crippen LogP contribution in [-0.2, 0) is 11.2 Å². The fraction of sp³-hybridized carbons (Fsp3) is 0.261. The van der Waals surface area contributed by atoms with Crippen LogP contribution in [0.2, 0.25) is 5.02 Å². The number of ether oxygens (including phenoxy) is 3. The van der Waals surface area contributed by atoms with Gasteiger partial charge in [-0.3, -0.25) is 4.79 Å². The molecular formula is C23H22ClN3O4S. The number of nitrogens with one attached hydrogen (secondary N) is 1. The normalized spacial score (nSPS) is 14.4. The van der Waals surface area contributed by atoms with Crippen molar-refractivity contribution in [1.29, 1.82) is 0 Å². The number of carbonyl (C=O) groups is 1. The Labute approximate surface area is 195 Å². The predicted molar refractivity (Wildman–Crippen MR) is 124 cm³/mol. The van der Waals surface area contributed by atoms with Crippen molar-refractivity contribution >= 4 is 29.3 Å². The van der Waals surface area contributed by atoms with Gasteiger partial charge in [0.2, 0.25) is 5.91 Å². The molecule has 0 unspecified atom stereocenters. The van der Waals surface area contributed by atoms with E-state index in [1.165, 1.54) is 11.8 Å². The molecule has 9 heteroatoms. The second-order valence-corrected chi connectivity index (χ2v) is 8.43. The van der Waals surface area contributed by atoms with E-state index in [1.807, 2.05) is 30.3 Å². The average molecular weight is 472 g/mol. The molecule has 0 fully saturated rings. The van der Waals surface area contributed by atoms with Crippen LogP contribution in [0.15, 0.2) is 53.9 Å². The van der Waals surface area contributed by atoms with Gasteiger partial charge in [-0.1, -0.05) is 23.4 Å². The van der Waals surface area contributed by atoms with E-state index in [4.69, 9.17) is 25.8 Å². The minimum atomic E-state index is -0.188. The summed E-state index contributed by atoms with van der Waals surface area (Å²) < 4.78 is 16.9. The van der Waals surface area contributed by atoms with Gasteiger partial charge in [-0.2, -0.15) is 0 Å². The first-order chi connectivity index (χ1) is 15.6. The summed E-state index contributed by atoms with van der Waals surface area (Å²) in [5.74, 6) is 2.25. The van der Waals surface area contributed by atoms with Crippen molar-refractivity contribution in [2.45, 2.75) is 17.7 Å². The van der Waals surface area contributed by atoms with Gasteiger partial charge < -0.3 is 19.5 Å². The molecule has 1 aliphatic heterocycles. The third kappa shape index (κ3) is 5.08. The van der Waals surface area contributed by atoms with Gasteiger partial charge in [0.1, 0.15) is 23.4 Å². The lowest BCUT2D eigenvalue weighted by Gasteiger charge is -2.13. The van der Waals surface area contributed by atoms with Gasteiger partial charge >= 0.3 is 0 Å². The molecule has 7 nitrogen and oxygen atoms in total. The molecule has 1 atom stereocenters. The number of amides is 1. The van der Waals surface area contributed by atoms with Crippen LogP contribution in [0.5, 0.6) is 17.2 Å². The van der Waals surface area contributed by atoms with Crippen molar-refractivity contribution in [3.63, 3.8) is 0 Å². The van der Waals surface area contributed by atoms with Gasteiger partial charge in [-0.05, 0) is 42.0 Å². The fourth-order valence-corrected chi connectivity index (χ4v) is 4.38. The Balaban J connectivity index is 1.41. The predicted octanol–water partition coefficient (Wildman–Crippen LogP) is 4.03. The highest BCUT2D eigenvalue weighted by Crippen LogP contribution is 2.42. The smallest absolute Gasteiger partial charge is 0.230 e. The second kappa shape index (κ2) is 10.1. The van der Waals surface area contributed by atoms with Crippen molar-refractivity contribution in [3.05, 3.63) is 59.4 Å². The van der Waals surface area contributed by atoms with Crippen LogP contribution in [0.4, 0.5) is 0 Å². The van der Waals surface area contributed by atoms with Crippen molar-refractivity contribution in [2.75, 3.05) is 26.5 Å². The van der Waals surface area contributed by atoms with Gasteiger partial charge in [0.25, 0.3) is 0 Å². The lowest BCUT2D eigenvalue weighted by atomic mass is 9.99. The molecule has 1 aromatic heterocycles. The largest absolute Gasteiger partial charge is 0.497 e. The Morgan fingerprint density at radius 1 is 1.22 bits per heavy atom. The monoisotopic (exact) mass is 471 g/mol. The highest BCUT2D eigenvalue weighted by atomic mass is 35.5. The van der Waals surface area contributed by atoms with Crippen molar-refractivity contribution < 1.29 is 19.0 Å². The molecule has 1 aliphatic rings. The van der Waals surface area contributed by atoms with Crippen LogP contribution < -0.4 is 19.5 Å². The van der Waals surface area contributed by atoms with Gasteiger partial charge in [-0.25, -0.2) is 9.97 Å². The number of hydrogen-bond donors (Lipinski definition) is 1. The summed E-state index contributed by atoms with van der Waals surface area (Å²) >= 11 is 7.83. The van der Waals surface area contributed by atoms with Gasteiger partial charge in [-0.15, -0.1) is 0 Å². The molecule has 2 heterocycles. The summed E-state index contributed by atoms with van der Waals surface area (Å²) in [6.45, 7) is 0.387. The topological polar surface area (TPSA) is 82.6 Å². The van der Waals surface area contributed by atoms with E-state index in [2.05, 4.69) is 15.3 Å². The van der Waals surface area contributed by atoms with E-state index < -0.39 is 0 Å². The Morgan fingerprint density at radius 3 is 2.78 bits per heavy atom. The first-order valence-corrected chi connectivity index (χ1v) is 11.3. The standard InChI is InChI=1S/C23H22ClN3O4S/c1-29-16-4-5-20(30-2)18(11-16)14-8-15-9-17(31-22(15)19(24)10-14)12-27-21(28)13-32-23-25-6-3-7-26-23/h3-8,10-11,17H,9,12-13H2,1-2H3,(H,27,28)/t17-/m1/s1. The highest BCUT2D eigenvalue weighted by Gasteiger charge is 2.27. The molecule has 32 heavy (non-hydrogen) atoms. The number of rotatable bonds is 8. The summed E-state index contributed by atoms with van der Waals surface area (Å²) in [6.07, 6.45) is 3.75. The molecule has 0 bridgehead atoms. The zero-order valence-electron chi connectivity index (χ0n) is 17.6. The summed E-state index contributed by atoms with van der Waals surface area (Å²) in [7, 11) is 3.25. The number of hydrogen-bond acceptors (Lipinski definition) is 7. The van der Waals surface area contributed by atoms with Crippen LogP contribution >= 0.6 is 23.4 Å². The van der Waals surface area contributed by atoms with Gasteiger partial charge in [0, 0.05) is 29.9 Å². The molecule has 0 saturated heterocycles. The Bertz CT molecular complexity index is 1110. The van der Waals surface area contributed by atoms with Crippen molar-refractivity contribution in [2.24, 2.45) is 0 Å². The molecule has 2 aromatic carbocycles. The van der Waals surface area contributed by atoms with Crippen molar-refractivity contribution in [1.82, 2.24) is 15.3 Å². The van der Waals surface area contributed by atoms with E-state index in [0.717, 1.165) is 28.2 Å². The number of fused-ring (bicyclic) bond motifs is 1. The van der Waals surface area contributed by atoms with E-state index in [0.29, 0.717) is 28.9 Å². The molecule has 0 spiro atoms. The van der Waals surface area contributed by atoms with Crippen LogP contribution in [0.25, 0.3) is 11.1 Å². The summed E-state index contributed by atoms with van der Waals surface area (Å²) in [4.78, 5) is 20.4. The maximum absolute atomic E-state index is 12.2.